The molecule has 4 N–H and O–H groups in total. The minimum absolute atomic E-state index is 0.00632. The Morgan fingerprint density at radius 1 is 1.31 bits per heavy atom. The first-order valence-corrected chi connectivity index (χ1v) is 6.67. The van der Waals surface area contributed by atoms with Gasteiger partial charge in [0, 0.05) is 12.3 Å². The fraction of sp³-hybridized carbons (Fsp3) is 0.800. The lowest BCUT2D eigenvalue weighted by molar-refractivity contribution is -0.127. The lowest BCUT2D eigenvalue weighted by Crippen LogP contribution is -2.47. The maximum atomic E-state index is 11.4. The topological polar surface area (TPSA) is 84.2 Å². The number of thioether (sulfide) groups is 1. The fourth-order valence-corrected chi connectivity index (χ4v) is 1.25. The van der Waals surface area contributed by atoms with Crippen LogP contribution in [0.15, 0.2) is 0 Å². The van der Waals surface area contributed by atoms with Crippen molar-refractivity contribution in [1.29, 1.82) is 0 Å². The van der Waals surface area contributed by atoms with E-state index < -0.39 is 6.04 Å². The van der Waals surface area contributed by atoms with Crippen molar-refractivity contribution in [2.75, 3.05) is 25.1 Å². The van der Waals surface area contributed by atoms with Gasteiger partial charge in [-0.3, -0.25) is 9.59 Å². The summed E-state index contributed by atoms with van der Waals surface area (Å²) in [4.78, 5) is 22.6. The average molecular weight is 247 g/mol. The Balaban J connectivity index is 3.71. The van der Waals surface area contributed by atoms with Crippen molar-refractivity contribution in [3.8, 4) is 0 Å². The highest BCUT2D eigenvalue weighted by atomic mass is 32.2. The summed E-state index contributed by atoms with van der Waals surface area (Å²) in [6.07, 6.45) is 1.97. The molecular formula is C10H21N3O2S. The van der Waals surface area contributed by atoms with Crippen LogP contribution in [0.2, 0.25) is 0 Å². The lowest BCUT2D eigenvalue weighted by atomic mass is 10.1. The zero-order chi connectivity index (χ0) is 12.6. The number of hydrogen-bond donors (Lipinski definition) is 3. The molecule has 0 rings (SSSR count). The van der Waals surface area contributed by atoms with Gasteiger partial charge in [-0.15, -0.1) is 0 Å². The Bertz CT molecular complexity index is 234. The standard InChI is InChI=1S/C10H21N3O2S/c1-7(2)9(11)10(15)13-6-8(14)12-4-5-16-3/h7,9H,4-6,11H2,1-3H3,(H,12,14)(H,13,15)/t9-/m0/s1. The van der Waals surface area contributed by atoms with E-state index in [4.69, 9.17) is 5.73 Å². The second-order valence-electron chi connectivity index (χ2n) is 3.83. The summed E-state index contributed by atoms with van der Waals surface area (Å²) in [5, 5.41) is 5.20. The maximum absolute atomic E-state index is 11.4. The van der Waals surface area contributed by atoms with E-state index in [2.05, 4.69) is 10.6 Å². The molecule has 0 fully saturated rings. The average Bonchev–Trinajstić information content (AvgIpc) is 2.25. The number of amides is 2. The summed E-state index contributed by atoms with van der Waals surface area (Å²) in [5.41, 5.74) is 5.62. The van der Waals surface area contributed by atoms with Gasteiger partial charge in [0.05, 0.1) is 12.6 Å². The van der Waals surface area contributed by atoms with Crippen molar-refractivity contribution < 1.29 is 9.59 Å². The molecule has 0 aliphatic rings. The summed E-state index contributed by atoms with van der Waals surface area (Å²) in [7, 11) is 0. The van der Waals surface area contributed by atoms with Gasteiger partial charge in [0.2, 0.25) is 11.8 Å². The lowest BCUT2D eigenvalue weighted by Gasteiger charge is -2.15. The van der Waals surface area contributed by atoms with Gasteiger partial charge in [-0.1, -0.05) is 13.8 Å². The quantitative estimate of drug-likeness (QED) is 0.533. The molecule has 1 atom stereocenters. The third-order valence-electron chi connectivity index (χ3n) is 2.07. The largest absolute Gasteiger partial charge is 0.354 e. The van der Waals surface area contributed by atoms with Crippen LogP contribution in [0.4, 0.5) is 0 Å². The van der Waals surface area contributed by atoms with E-state index in [-0.39, 0.29) is 24.3 Å². The molecule has 0 aromatic carbocycles. The number of hydrogen-bond acceptors (Lipinski definition) is 4. The molecule has 0 saturated heterocycles. The molecule has 16 heavy (non-hydrogen) atoms. The molecule has 0 aliphatic heterocycles. The molecule has 0 spiro atoms. The van der Waals surface area contributed by atoms with E-state index in [1.165, 1.54) is 0 Å². The molecule has 0 saturated carbocycles. The summed E-state index contributed by atoms with van der Waals surface area (Å²) in [6.45, 7) is 4.34. The number of rotatable bonds is 7. The SMILES string of the molecule is CSCCNC(=O)CNC(=O)[C@@H](N)C(C)C. The monoisotopic (exact) mass is 247 g/mol. The highest BCUT2D eigenvalue weighted by Gasteiger charge is 2.17. The highest BCUT2D eigenvalue weighted by Crippen LogP contribution is 1.97. The summed E-state index contributed by atoms with van der Waals surface area (Å²) in [5.74, 6) is 0.471. The van der Waals surface area contributed by atoms with Crippen molar-refractivity contribution >= 4 is 23.6 Å². The Kier molecular flexibility index (Phi) is 8.01. The number of nitrogens with one attached hydrogen (secondary N) is 2. The molecule has 0 unspecified atom stereocenters. The third kappa shape index (κ3) is 6.68. The van der Waals surface area contributed by atoms with Gasteiger partial charge in [0.15, 0.2) is 0 Å². The van der Waals surface area contributed by atoms with Crippen LogP contribution in [0, 0.1) is 5.92 Å². The summed E-state index contributed by atoms with van der Waals surface area (Å²) >= 11 is 1.65. The zero-order valence-electron chi connectivity index (χ0n) is 10.1. The number of carbonyl (C=O) groups excluding carboxylic acids is 2. The maximum Gasteiger partial charge on any atom is 0.239 e. The number of carbonyl (C=O) groups is 2. The van der Waals surface area contributed by atoms with Crippen LogP contribution in [-0.2, 0) is 9.59 Å². The normalized spacial score (nSPS) is 12.3. The van der Waals surface area contributed by atoms with Crippen LogP contribution in [0.5, 0.6) is 0 Å². The Hall–Kier alpha value is -0.750. The predicted molar refractivity (Wildman–Crippen MR) is 67.2 cm³/mol. The van der Waals surface area contributed by atoms with Crippen LogP contribution < -0.4 is 16.4 Å². The first-order chi connectivity index (χ1) is 7.49. The highest BCUT2D eigenvalue weighted by molar-refractivity contribution is 7.98. The van der Waals surface area contributed by atoms with Gasteiger partial charge >= 0.3 is 0 Å². The van der Waals surface area contributed by atoms with Gasteiger partial charge in [0.25, 0.3) is 0 Å². The van der Waals surface area contributed by atoms with Crippen molar-refractivity contribution in [1.82, 2.24) is 10.6 Å². The smallest absolute Gasteiger partial charge is 0.239 e. The molecule has 6 heteroatoms. The van der Waals surface area contributed by atoms with Gasteiger partial charge in [-0.05, 0) is 12.2 Å². The first kappa shape index (κ1) is 15.2. The molecular weight excluding hydrogens is 226 g/mol. The minimum atomic E-state index is -0.556. The van der Waals surface area contributed by atoms with Gasteiger partial charge in [0.1, 0.15) is 0 Å². The molecule has 0 aliphatic carbocycles. The Morgan fingerprint density at radius 3 is 2.44 bits per heavy atom. The second-order valence-corrected chi connectivity index (χ2v) is 4.82. The van der Waals surface area contributed by atoms with E-state index in [1.54, 1.807) is 11.8 Å². The van der Waals surface area contributed by atoms with Gasteiger partial charge in [-0.25, -0.2) is 0 Å². The Morgan fingerprint density at radius 2 is 1.94 bits per heavy atom. The molecule has 0 aromatic heterocycles. The predicted octanol–water partition coefficient (Wildman–Crippen LogP) is -0.435. The molecule has 0 aromatic rings. The van der Waals surface area contributed by atoms with Crippen molar-refractivity contribution in [3.05, 3.63) is 0 Å². The third-order valence-corrected chi connectivity index (χ3v) is 2.68. The fourth-order valence-electron chi connectivity index (χ4n) is 0.943. The molecule has 5 nitrogen and oxygen atoms in total. The van der Waals surface area contributed by atoms with Crippen molar-refractivity contribution in [2.24, 2.45) is 11.7 Å². The van der Waals surface area contributed by atoms with Crippen LogP contribution in [0.1, 0.15) is 13.8 Å². The first-order valence-electron chi connectivity index (χ1n) is 5.28. The molecule has 94 valence electrons. The number of nitrogens with two attached hydrogens (primary N) is 1. The van der Waals surface area contributed by atoms with E-state index in [0.29, 0.717) is 6.54 Å². The molecule has 2 amide bonds. The van der Waals surface area contributed by atoms with E-state index in [1.807, 2.05) is 20.1 Å². The molecule has 0 bridgehead atoms. The van der Waals surface area contributed by atoms with E-state index in [0.717, 1.165) is 5.75 Å². The van der Waals surface area contributed by atoms with Crippen LogP contribution >= 0.6 is 11.8 Å². The van der Waals surface area contributed by atoms with Gasteiger partial charge < -0.3 is 16.4 Å². The van der Waals surface area contributed by atoms with Crippen LogP contribution in [0.25, 0.3) is 0 Å². The van der Waals surface area contributed by atoms with Gasteiger partial charge in [-0.2, -0.15) is 11.8 Å². The van der Waals surface area contributed by atoms with Crippen molar-refractivity contribution in [3.63, 3.8) is 0 Å². The zero-order valence-corrected chi connectivity index (χ0v) is 10.9. The second kappa shape index (κ2) is 8.41. The summed E-state index contributed by atoms with van der Waals surface area (Å²) in [6, 6.07) is -0.556. The minimum Gasteiger partial charge on any atom is -0.354 e. The summed E-state index contributed by atoms with van der Waals surface area (Å²) < 4.78 is 0. The molecule has 0 heterocycles. The van der Waals surface area contributed by atoms with E-state index >= 15 is 0 Å². The molecule has 0 radical (unpaired) electrons. The van der Waals surface area contributed by atoms with Crippen LogP contribution in [-0.4, -0.2) is 43.0 Å². The Labute approximate surface area is 101 Å². The van der Waals surface area contributed by atoms with Crippen molar-refractivity contribution in [2.45, 2.75) is 19.9 Å². The van der Waals surface area contributed by atoms with E-state index in [9.17, 15) is 9.59 Å². The van der Waals surface area contributed by atoms with Crippen LogP contribution in [0.3, 0.4) is 0 Å².